The second-order valence-electron chi connectivity index (χ2n) is 5.07. The number of nitrogens with zero attached hydrogens (tertiary/aromatic N) is 2. The van der Waals surface area contributed by atoms with Crippen LogP contribution >= 0.6 is 0 Å². The molecule has 0 aliphatic heterocycles. The molecule has 0 aliphatic carbocycles. The van der Waals surface area contributed by atoms with Crippen LogP contribution in [0.2, 0.25) is 0 Å². The fraction of sp³-hybridized carbons (Fsp3) is 0.353. The number of ether oxygens (including phenoxy) is 2. The highest BCUT2D eigenvalue weighted by molar-refractivity contribution is 6.03. The van der Waals surface area contributed by atoms with E-state index in [1.165, 1.54) is 7.11 Å². The van der Waals surface area contributed by atoms with Crippen LogP contribution in [0.4, 0.5) is 11.6 Å². The molecule has 1 aromatic carbocycles. The monoisotopic (exact) mass is 330 g/mol. The number of methoxy groups -OCH3 is 2. The number of hydrogen-bond donors (Lipinski definition) is 2. The van der Waals surface area contributed by atoms with Crippen molar-refractivity contribution in [3.63, 3.8) is 0 Å². The first-order valence-corrected chi connectivity index (χ1v) is 7.78. The summed E-state index contributed by atoms with van der Waals surface area (Å²) in [5.74, 6) is 1.27. The Balaban J connectivity index is 2.11. The van der Waals surface area contributed by atoms with Gasteiger partial charge >= 0.3 is 0 Å². The van der Waals surface area contributed by atoms with Crippen LogP contribution in [0, 0.1) is 0 Å². The highest BCUT2D eigenvalue weighted by Gasteiger charge is 2.12. The van der Waals surface area contributed by atoms with Gasteiger partial charge in [-0.25, -0.2) is 9.97 Å². The van der Waals surface area contributed by atoms with E-state index in [0.717, 1.165) is 19.4 Å². The number of carbonyl (C=O) groups is 1. The average Bonchev–Trinajstić information content (AvgIpc) is 2.62. The number of rotatable bonds is 8. The molecule has 0 unspecified atom stereocenters. The molecule has 2 N–H and O–H groups in total. The molecule has 128 valence electrons. The highest BCUT2D eigenvalue weighted by atomic mass is 16.5. The summed E-state index contributed by atoms with van der Waals surface area (Å²) in [6.45, 7) is 2.88. The van der Waals surface area contributed by atoms with Gasteiger partial charge in [0, 0.05) is 18.8 Å². The van der Waals surface area contributed by atoms with Gasteiger partial charge in [0.05, 0.1) is 19.9 Å². The van der Waals surface area contributed by atoms with Crippen molar-refractivity contribution >= 4 is 17.5 Å². The maximum Gasteiger partial charge on any atom is 0.274 e. The molecule has 7 heteroatoms. The fourth-order valence-electron chi connectivity index (χ4n) is 2.04. The maximum atomic E-state index is 12.4. The van der Waals surface area contributed by atoms with Crippen molar-refractivity contribution < 1.29 is 14.3 Å². The third-order valence-corrected chi connectivity index (χ3v) is 3.36. The molecule has 0 saturated heterocycles. The molecule has 1 amide bonds. The van der Waals surface area contributed by atoms with E-state index in [1.54, 1.807) is 37.6 Å². The second-order valence-corrected chi connectivity index (χ2v) is 5.07. The molecule has 1 aromatic heterocycles. The van der Waals surface area contributed by atoms with Crippen molar-refractivity contribution in [2.24, 2.45) is 0 Å². The van der Waals surface area contributed by atoms with Gasteiger partial charge in [-0.05, 0) is 24.6 Å². The molecule has 2 aromatic rings. The molecule has 7 nitrogen and oxygen atoms in total. The Bertz CT molecular complexity index is 691. The molecule has 1 heterocycles. The van der Waals surface area contributed by atoms with Gasteiger partial charge in [0.25, 0.3) is 5.91 Å². The van der Waals surface area contributed by atoms with Crippen molar-refractivity contribution in [1.29, 1.82) is 0 Å². The van der Waals surface area contributed by atoms with Crippen molar-refractivity contribution in [3.8, 4) is 11.5 Å². The summed E-state index contributed by atoms with van der Waals surface area (Å²) in [6.07, 6.45) is 3.65. The number of aromatic nitrogens is 2. The van der Waals surface area contributed by atoms with E-state index in [2.05, 4.69) is 27.5 Å². The van der Waals surface area contributed by atoms with Crippen molar-refractivity contribution in [1.82, 2.24) is 9.97 Å². The minimum absolute atomic E-state index is 0.280. The largest absolute Gasteiger partial charge is 0.497 e. The lowest BCUT2D eigenvalue weighted by Crippen LogP contribution is -2.16. The van der Waals surface area contributed by atoms with Crippen LogP contribution in [0.25, 0.3) is 0 Å². The first kappa shape index (κ1) is 17.5. The van der Waals surface area contributed by atoms with Crippen molar-refractivity contribution in [2.45, 2.75) is 19.8 Å². The van der Waals surface area contributed by atoms with Gasteiger partial charge in [-0.15, -0.1) is 0 Å². The number of hydrogen-bond acceptors (Lipinski definition) is 6. The summed E-state index contributed by atoms with van der Waals surface area (Å²) in [5.41, 5.74) is 0.823. The molecule has 24 heavy (non-hydrogen) atoms. The second kappa shape index (κ2) is 8.71. The predicted molar refractivity (Wildman–Crippen MR) is 92.9 cm³/mol. The van der Waals surface area contributed by atoms with Crippen LogP contribution in [-0.2, 0) is 0 Å². The number of carbonyl (C=O) groups excluding carboxylic acids is 1. The minimum Gasteiger partial charge on any atom is -0.497 e. The Labute approximate surface area is 141 Å². The fourth-order valence-corrected chi connectivity index (χ4v) is 2.04. The highest BCUT2D eigenvalue weighted by Crippen LogP contribution is 2.29. The summed E-state index contributed by atoms with van der Waals surface area (Å²) < 4.78 is 10.4. The van der Waals surface area contributed by atoms with E-state index < -0.39 is 0 Å². The molecular formula is C17H22N4O3. The summed E-state index contributed by atoms with van der Waals surface area (Å²) in [7, 11) is 3.10. The van der Waals surface area contributed by atoms with Gasteiger partial charge < -0.3 is 20.1 Å². The van der Waals surface area contributed by atoms with Gasteiger partial charge in [0.1, 0.15) is 17.2 Å². The summed E-state index contributed by atoms with van der Waals surface area (Å²) in [6, 6.07) is 6.73. The van der Waals surface area contributed by atoms with Crippen LogP contribution in [0.15, 0.2) is 30.5 Å². The van der Waals surface area contributed by atoms with Gasteiger partial charge in [0.2, 0.25) is 5.95 Å². The molecular weight excluding hydrogens is 308 g/mol. The minimum atomic E-state index is -0.334. The van der Waals surface area contributed by atoms with Crippen molar-refractivity contribution in [3.05, 3.63) is 36.2 Å². The van der Waals surface area contributed by atoms with Gasteiger partial charge in [-0.3, -0.25) is 4.79 Å². The number of unbranched alkanes of at least 4 members (excludes halogenated alkanes) is 1. The summed E-state index contributed by atoms with van der Waals surface area (Å²) in [5, 5.41) is 5.88. The quantitative estimate of drug-likeness (QED) is 0.724. The standard InChI is InChI=1S/C17H22N4O3/c1-4-5-9-18-17-19-10-8-14(21-17)16(22)20-13-7-6-12(23-2)11-15(13)24-3/h6-8,10-11H,4-5,9H2,1-3H3,(H,20,22)(H,18,19,21). The van der Waals surface area contributed by atoms with Crippen molar-refractivity contribution in [2.75, 3.05) is 31.4 Å². The molecule has 0 aliphatic rings. The third kappa shape index (κ3) is 4.58. The maximum absolute atomic E-state index is 12.4. The SMILES string of the molecule is CCCCNc1nccc(C(=O)Nc2ccc(OC)cc2OC)n1. The average molecular weight is 330 g/mol. The van der Waals surface area contributed by atoms with E-state index in [4.69, 9.17) is 9.47 Å². The lowest BCUT2D eigenvalue weighted by molar-refractivity contribution is 0.102. The zero-order chi connectivity index (χ0) is 17.4. The Hall–Kier alpha value is -2.83. The molecule has 2 rings (SSSR count). The first-order chi connectivity index (χ1) is 11.7. The van der Waals surface area contributed by atoms with E-state index in [9.17, 15) is 4.79 Å². The van der Waals surface area contributed by atoms with E-state index in [1.807, 2.05) is 0 Å². The predicted octanol–water partition coefficient (Wildman–Crippen LogP) is 2.96. The number of anilines is 2. The topological polar surface area (TPSA) is 85.4 Å². The summed E-state index contributed by atoms with van der Waals surface area (Å²) >= 11 is 0. The Morgan fingerprint density at radius 3 is 2.75 bits per heavy atom. The number of nitrogens with one attached hydrogen (secondary N) is 2. The zero-order valence-corrected chi connectivity index (χ0v) is 14.1. The molecule has 0 atom stereocenters. The number of benzene rings is 1. The van der Waals surface area contributed by atoms with E-state index in [0.29, 0.717) is 23.1 Å². The Kier molecular flexibility index (Phi) is 6.36. The molecule has 0 fully saturated rings. The molecule has 0 spiro atoms. The van der Waals surface area contributed by atoms with Crippen LogP contribution in [0.1, 0.15) is 30.3 Å². The van der Waals surface area contributed by atoms with Crippen LogP contribution in [-0.4, -0.2) is 36.6 Å². The third-order valence-electron chi connectivity index (χ3n) is 3.36. The molecule has 0 saturated carbocycles. The van der Waals surface area contributed by atoms with E-state index >= 15 is 0 Å². The first-order valence-electron chi connectivity index (χ1n) is 7.78. The Morgan fingerprint density at radius 1 is 1.21 bits per heavy atom. The van der Waals surface area contributed by atoms with Gasteiger partial charge in [-0.2, -0.15) is 0 Å². The van der Waals surface area contributed by atoms with Crippen LogP contribution < -0.4 is 20.1 Å². The van der Waals surface area contributed by atoms with Crippen LogP contribution in [0.3, 0.4) is 0 Å². The van der Waals surface area contributed by atoms with Gasteiger partial charge in [0.15, 0.2) is 0 Å². The normalized spacial score (nSPS) is 10.1. The smallest absolute Gasteiger partial charge is 0.274 e. The lowest BCUT2D eigenvalue weighted by Gasteiger charge is -2.11. The van der Waals surface area contributed by atoms with E-state index in [-0.39, 0.29) is 11.6 Å². The van der Waals surface area contributed by atoms with Gasteiger partial charge in [-0.1, -0.05) is 13.3 Å². The number of amides is 1. The zero-order valence-electron chi connectivity index (χ0n) is 14.1. The molecule has 0 radical (unpaired) electrons. The lowest BCUT2D eigenvalue weighted by atomic mass is 10.2. The molecule has 0 bridgehead atoms. The Morgan fingerprint density at radius 2 is 2.04 bits per heavy atom. The summed E-state index contributed by atoms with van der Waals surface area (Å²) in [4.78, 5) is 20.7. The van der Waals surface area contributed by atoms with Crippen LogP contribution in [0.5, 0.6) is 11.5 Å².